The van der Waals surface area contributed by atoms with Crippen molar-refractivity contribution in [3.05, 3.63) is 35.9 Å². The van der Waals surface area contributed by atoms with Crippen molar-refractivity contribution in [3.8, 4) is 0 Å². The maximum atomic E-state index is 5.84. The summed E-state index contributed by atoms with van der Waals surface area (Å²) in [4.78, 5) is 0. The quantitative estimate of drug-likeness (QED) is 0.742. The van der Waals surface area contributed by atoms with Crippen LogP contribution in [0.15, 0.2) is 30.3 Å². The fourth-order valence-electron chi connectivity index (χ4n) is 1.97. The Bertz CT molecular complexity index is 306. The Hall–Kier alpha value is -0.860. The lowest BCUT2D eigenvalue weighted by Crippen LogP contribution is -2.59. The lowest BCUT2D eigenvalue weighted by molar-refractivity contribution is -0.0676. The molecular weight excluding hydrogens is 198 g/mol. The summed E-state index contributed by atoms with van der Waals surface area (Å²) in [6.45, 7) is 5.09. The number of benzene rings is 1. The number of rotatable bonds is 6. The fraction of sp³-hybridized carbons (Fsp3) is 0.571. The lowest BCUT2D eigenvalue weighted by Gasteiger charge is -2.39. The average molecular weight is 219 g/mol. The summed E-state index contributed by atoms with van der Waals surface area (Å²) in [5.74, 6) is 0. The molecule has 0 radical (unpaired) electrons. The highest BCUT2D eigenvalue weighted by molar-refractivity contribution is 5.14. The van der Waals surface area contributed by atoms with Crippen LogP contribution in [0.2, 0.25) is 0 Å². The molecule has 0 bridgehead atoms. The van der Waals surface area contributed by atoms with Crippen molar-refractivity contribution in [2.45, 2.75) is 31.8 Å². The minimum absolute atomic E-state index is 0.118. The van der Waals surface area contributed by atoms with E-state index in [0.29, 0.717) is 0 Å². The van der Waals surface area contributed by atoms with E-state index < -0.39 is 0 Å². The van der Waals surface area contributed by atoms with Gasteiger partial charge in [0.1, 0.15) is 0 Å². The van der Waals surface area contributed by atoms with Gasteiger partial charge in [0.05, 0.1) is 5.60 Å². The molecule has 0 aliphatic carbocycles. The van der Waals surface area contributed by atoms with E-state index >= 15 is 0 Å². The van der Waals surface area contributed by atoms with Gasteiger partial charge in [-0.05, 0) is 31.7 Å². The maximum Gasteiger partial charge on any atom is 0.0901 e. The number of ether oxygens (including phenoxy) is 1. The zero-order chi connectivity index (χ0) is 11.3. The summed E-state index contributed by atoms with van der Waals surface area (Å²) in [5, 5.41) is 3.24. The van der Waals surface area contributed by atoms with Gasteiger partial charge in [-0.2, -0.15) is 0 Å². The van der Waals surface area contributed by atoms with Gasteiger partial charge in [0.25, 0.3) is 0 Å². The van der Waals surface area contributed by atoms with Crippen LogP contribution in [0.25, 0.3) is 0 Å². The van der Waals surface area contributed by atoms with Crippen molar-refractivity contribution < 1.29 is 4.74 Å². The van der Waals surface area contributed by atoms with Crippen molar-refractivity contribution in [2.24, 2.45) is 0 Å². The highest BCUT2D eigenvalue weighted by Crippen LogP contribution is 2.16. The molecule has 0 spiro atoms. The van der Waals surface area contributed by atoms with Crippen LogP contribution in [0, 0.1) is 0 Å². The molecule has 2 rings (SSSR count). The molecule has 0 amide bonds. The summed E-state index contributed by atoms with van der Waals surface area (Å²) >= 11 is 0. The van der Waals surface area contributed by atoms with Crippen LogP contribution in [-0.2, 0) is 11.2 Å². The number of hydrogen-bond donors (Lipinski definition) is 1. The Labute approximate surface area is 98.0 Å². The summed E-state index contributed by atoms with van der Waals surface area (Å²) < 4.78 is 5.84. The zero-order valence-corrected chi connectivity index (χ0v) is 10.0. The third-order valence-corrected chi connectivity index (χ3v) is 3.15. The van der Waals surface area contributed by atoms with E-state index in [1.165, 1.54) is 18.4 Å². The van der Waals surface area contributed by atoms with E-state index in [-0.39, 0.29) is 5.60 Å². The highest BCUT2D eigenvalue weighted by atomic mass is 16.5. The molecule has 1 heterocycles. The molecule has 0 aromatic heterocycles. The second kappa shape index (κ2) is 5.46. The van der Waals surface area contributed by atoms with E-state index in [0.717, 1.165) is 26.1 Å². The fourth-order valence-corrected chi connectivity index (χ4v) is 1.97. The third-order valence-electron chi connectivity index (χ3n) is 3.15. The number of unbranched alkanes of at least 4 members (excludes halogenated alkanes) is 1. The first kappa shape index (κ1) is 11.6. The van der Waals surface area contributed by atoms with Crippen LogP contribution >= 0.6 is 0 Å². The Morgan fingerprint density at radius 2 is 1.94 bits per heavy atom. The maximum absolute atomic E-state index is 5.84. The Balaban J connectivity index is 1.55. The van der Waals surface area contributed by atoms with Gasteiger partial charge in [0.15, 0.2) is 0 Å². The van der Waals surface area contributed by atoms with Crippen molar-refractivity contribution in [3.63, 3.8) is 0 Å². The average Bonchev–Trinajstić information content (AvgIpc) is 2.28. The molecule has 1 N–H and O–H groups in total. The van der Waals surface area contributed by atoms with E-state index in [4.69, 9.17) is 4.74 Å². The number of aryl methyl sites for hydroxylation is 1. The van der Waals surface area contributed by atoms with Crippen LogP contribution < -0.4 is 5.32 Å². The predicted molar refractivity (Wildman–Crippen MR) is 66.6 cm³/mol. The van der Waals surface area contributed by atoms with Crippen LogP contribution in [0.4, 0.5) is 0 Å². The predicted octanol–water partition coefficient (Wildman–Crippen LogP) is 2.39. The van der Waals surface area contributed by atoms with Crippen LogP contribution in [-0.4, -0.2) is 25.3 Å². The standard InChI is InChI=1S/C14H21NO/c1-14(11-15-12-14)16-10-6-5-9-13-7-3-2-4-8-13/h2-4,7-8,15H,5-6,9-12H2,1H3. The second-order valence-electron chi connectivity index (χ2n) is 4.84. The number of hydrogen-bond acceptors (Lipinski definition) is 2. The molecule has 1 aliphatic rings. The van der Waals surface area contributed by atoms with Gasteiger partial charge in [0.2, 0.25) is 0 Å². The molecule has 2 nitrogen and oxygen atoms in total. The van der Waals surface area contributed by atoms with Crippen molar-refractivity contribution in [2.75, 3.05) is 19.7 Å². The topological polar surface area (TPSA) is 21.3 Å². The largest absolute Gasteiger partial charge is 0.373 e. The Morgan fingerprint density at radius 1 is 1.19 bits per heavy atom. The zero-order valence-electron chi connectivity index (χ0n) is 10.0. The second-order valence-corrected chi connectivity index (χ2v) is 4.84. The molecule has 0 unspecified atom stereocenters. The van der Waals surface area contributed by atoms with Crippen molar-refractivity contribution in [1.29, 1.82) is 0 Å². The minimum Gasteiger partial charge on any atom is -0.373 e. The summed E-state index contributed by atoms with van der Waals surface area (Å²) in [5.41, 5.74) is 1.55. The summed E-state index contributed by atoms with van der Waals surface area (Å²) in [6, 6.07) is 10.7. The molecule has 1 aromatic rings. The normalized spacial score (nSPS) is 18.1. The smallest absolute Gasteiger partial charge is 0.0901 e. The SMILES string of the molecule is CC1(OCCCCc2ccccc2)CNC1. The molecule has 88 valence electrons. The molecule has 2 heteroatoms. The Morgan fingerprint density at radius 3 is 2.56 bits per heavy atom. The lowest BCUT2D eigenvalue weighted by atomic mass is 10.00. The first-order valence-corrected chi connectivity index (χ1v) is 6.17. The van der Waals surface area contributed by atoms with E-state index in [1.54, 1.807) is 0 Å². The Kier molecular flexibility index (Phi) is 3.97. The molecule has 0 saturated carbocycles. The summed E-state index contributed by atoms with van der Waals surface area (Å²) in [7, 11) is 0. The molecule has 0 atom stereocenters. The first-order valence-electron chi connectivity index (χ1n) is 6.17. The van der Waals surface area contributed by atoms with E-state index in [9.17, 15) is 0 Å². The van der Waals surface area contributed by atoms with Gasteiger partial charge in [-0.3, -0.25) is 0 Å². The van der Waals surface area contributed by atoms with Crippen molar-refractivity contribution in [1.82, 2.24) is 5.32 Å². The molecular formula is C14H21NO. The van der Waals surface area contributed by atoms with Gasteiger partial charge in [0, 0.05) is 19.7 Å². The molecule has 16 heavy (non-hydrogen) atoms. The summed E-state index contributed by atoms with van der Waals surface area (Å²) in [6.07, 6.45) is 3.54. The van der Waals surface area contributed by atoms with Crippen molar-refractivity contribution >= 4 is 0 Å². The molecule has 1 aromatic carbocycles. The monoisotopic (exact) mass is 219 g/mol. The van der Waals surface area contributed by atoms with Crippen LogP contribution in [0.5, 0.6) is 0 Å². The van der Waals surface area contributed by atoms with E-state index in [1.807, 2.05) is 0 Å². The van der Waals surface area contributed by atoms with Gasteiger partial charge < -0.3 is 10.1 Å². The van der Waals surface area contributed by atoms with E-state index in [2.05, 4.69) is 42.6 Å². The first-order chi connectivity index (χ1) is 7.79. The third kappa shape index (κ3) is 3.32. The van der Waals surface area contributed by atoms with Gasteiger partial charge in [-0.25, -0.2) is 0 Å². The van der Waals surface area contributed by atoms with Crippen LogP contribution in [0.1, 0.15) is 25.3 Å². The molecule has 1 saturated heterocycles. The molecule has 1 aliphatic heterocycles. The van der Waals surface area contributed by atoms with Gasteiger partial charge >= 0.3 is 0 Å². The minimum atomic E-state index is 0.118. The molecule has 1 fully saturated rings. The number of nitrogens with one attached hydrogen (secondary N) is 1. The van der Waals surface area contributed by atoms with Crippen LogP contribution in [0.3, 0.4) is 0 Å². The van der Waals surface area contributed by atoms with Gasteiger partial charge in [-0.15, -0.1) is 0 Å². The van der Waals surface area contributed by atoms with Gasteiger partial charge in [-0.1, -0.05) is 30.3 Å². The highest BCUT2D eigenvalue weighted by Gasteiger charge is 2.31.